The molecule has 5 rings (SSSR count). The minimum atomic E-state index is -0.000744. The average Bonchev–Trinajstić information content (AvgIpc) is 3.10. The largest absolute Gasteiger partial charge is 0.392 e. The Kier molecular flexibility index (Phi) is 4.62. The fourth-order valence-corrected chi connectivity index (χ4v) is 5.23. The minimum Gasteiger partial charge on any atom is -0.392 e. The Morgan fingerprint density at radius 3 is 2.87 bits per heavy atom. The molecule has 6 nitrogen and oxygen atoms in total. The second-order valence-corrected chi connectivity index (χ2v) is 9.02. The van der Waals surface area contributed by atoms with Crippen molar-refractivity contribution >= 4 is 22.7 Å². The summed E-state index contributed by atoms with van der Waals surface area (Å²) in [6.07, 6.45) is 6.39. The van der Waals surface area contributed by atoms with Gasteiger partial charge in [-0.15, -0.1) is 0 Å². The molecule has 1 N–H and O–H groups in total. The number of aliphatic hydroxyl groups excluding tert-OH is 1. The van der Waals surface area contributed by atoms with Crippen molar-refractivity contribution in [1.29, 1.82) is 0 Å². The van der Waals surface area contributed by atoms with Crippen molar-refractivity contribution in [3.63, 3.8) is 0 Å². The van der Waals surface area contributed by atoms with E-state index in [4.69, 9.17) is 9.97 Å². The lowest BCUT2D eigenvalue weighted by Crippen LogP contribution is -2.46. The normalized spacial score (nSPS) is 20.7. The highest BCUT2D eigenvalue weighted by molar-refractivity contribution is 5.84. The van der Waals surface area contributed by atoms with Crippen molar-refractivity contribution in [3.05, 3.63) is 52.8 Å². The summed E-state index contributed by atoms with van der Waals surface area (Å²) >= 11 is 0. The number of hydrogen-bond acceptors (Lipinski definition) is 6. The Morgan fingerprint density at radius 1 is 1.20 bits per heavy atom. The van der Waals surface area contributed by atoms with Gasteiger partial charge in [-0.05, 0) is 49.8 Å². The minimum absolute atomic E-state index is 0.000744. The summed E-state index contributed by atoms with van der Waals surface area (Å²) in [4.78, 5) is 18.9. The van der Waals surface area contributed by atoms with Gasteiger partial charge in [0.15, 0.2) is 0 Å². The molecule has 1 aliphatic heterocycles. The van der Waals surface area contributed by atoms with Crippen LogP contribution in [0.25, 0.3) is 10.9 Å². The average molecular weight is 404 g/mol. The Balaban J connectivity index is 1.56. The van der Waals surface area contributed by atoms with Crippen LogP contribution in [0, 0.1) is 6.92 Å². The van der Waals surface area contributed by atoms with E-state index in [0.717, 1.165) is 67.0 Å². The van der Waals surface area contributed by atoms with E-state index in [1.165, 1.54) is 16.8 Å². The summed E-state index contributed by atoms with van der Waals surface area (Å²) in [6.45, 7) is 3.95. The molecule has 1 saturated heterocycles. The van der Waals surface area contributed by atoms with Gasteiger partial charge in [0.2, 0.25) is 5.95 Å². The summed E-state index contributed by atoms with van der Waals surface area (Å²) in [5.74, 6) is 1.70. The lowest BCUT2D eigenvalue weighted by atomic mass is 9.77. The first-order valence-electron chi connectivity index (χ1n) is 10.8. The molecule has 0 amide bonds. The van der Waals surface area contributed by atoms with Gasteiger partial charge < -0.3 is 14.9 Å². The zero-order chi connectivity index (χ0) is 20.9. The number of benzene rings is 1. The Labute approximate surface area is 177 Å². The summed E-state index contributed by atoms with van der Waals surface area (Å²) in [5, 5.41) is 11.2. The molecule has 0 bridgehead atoms. The molecule has 3 aromatic rings. The first kappa shape index (κ1) is 19.2. The van der Waals surface area contributed by atoms with Gasteiger partial charge in [-0.3, -0.25) is 0 Å². The van der Waals surface area contributed by atoms with E-state index in [2.05, 4.69) is 35.0 Å². The van der Waals surface area contributed by atoms with Crippen LogP contribution in [0.4, 0.5) is 11.8 Å². The lowest BCUT2D eigenvalue weighted by Gasteiger charge is -2.41. The number of anilines is 2. The topological polar surface area (TPSA) is 65.4 Å². The number of rotatable bonds is 3. The van der Waals surface area contributed by atoms with Gasteiger partial charge in [-0.2, -0.15) is 0 Å². The second-order valence-electron chi connectivity index (χ2n) is 9.02. The number of nitrogens with zero attached hydrogens (tertiary/aromatic N) is 5. The molecule has 1 unspecified atom stereocenters. The zero-order valence-electron chi connectivity index (χ0n) is 18.0. The molecule has 2 aromatic heterocycles. The molecule has 1 fully saturated rings. The molecule has 30 heavy (non-hydrogen) atoms. The predicted octanol–water partition coefficient (Wildman–Crippen LogP) is 3.38. The van der Waals surface area contributed by atoms with Crippen LogP contribution in [0.3, 0.4) is 0 Å². The third-order valence-electron chi connectivity index (χ3n) is 6.78. The molecule has 2 aliphatic rings. The third kappa shape index (κ3) is 3.01. The van der Waals surface area contributed by atoms with E-state index in [0.29, 0.717) is 0 Å². The predicted molar refractivity (Wildman–Crippen MR) is 120 cm³/mol. The highest BCUT2D eigenvalue weighted by atomic mass is 16.3. The molecule has 6 heteroatoms. The number of fused-ring (bicyclic) bond motifs is 3. The Hall–Kier alpha value is -2.73. The number of aliphatic hydroxyl groups is 1. The molecular formula is C24H29N5O. The van der Waals surface area contributed by atoms with Crippen LogP contribution in [0.5, 0.6) is 0 Å². The standard InChI is InChI=1S/C24H29N5O/c1-16-6-4-7-17-12-19(14-30)22(26-20(16)17)29-11-5-9-24(15-29)10-8-18-13-25-23(28(2)3)27-21(18)24/h4,6-7,12-13,30H,5,8-11,14-15H2,1-3H3. The van der Waals surface area contributed by atoms with Crippen molar-refractivity contribution in [2.24, 2.45) is 0 Å². The molecule has 156 valence electrons. The van der Waals surface area contributed by atoms with E-state index < -0.39 is 0 Å². The second kappa shape index (κ2) is 7.20. The summed E-state index contributed by atoms with van der Waals surface area (Å²) in [6, 6.07) is 8.32. The number of pyridine rings is 1. The van der Waals surface area contributed by atoms with Gasteiger partial charge in [0.05, 0.1) is 17.8 Å². The van der Waals surface area contributed by atoms with E-state index in [-0.39, 0.29) is 12.0 Å². The number of aryl methyl sites for hydroxylation is 2. The Morgan fingerprint density at radius 2 is 2.07 bits per heavy atom. The lowest BCUT2D eigenvalue weighted by molar-refractivity contribution is 0.280. The van der Waals surface area contributed by atoms with Gasteiger partial charge in [0.25, 0.3) is 0 Å². The van der Waals surface area contributed by atoms with Crippen LogP contribution in [0.15, 0.2) is 30.5 Å². The van der Waals surface area contributed by atoms with Crippen LogP contribution >= 0.6 is 0 Å². The van der Waals surface area contributed by atoms with Gasteiger partial charge in [0, 0.05) is 49.7 Å². The van der Waals surface area contributed by atoms with Crippen molar-refractivity contribution < 1.29 is 5.11 Å². The van der Waals surface area contributed by atoms with Crippen molar-refractivity contribution in [1.82, 2.24) is 15.0 Å². The first-order chi connectivity index (χ1) is 14.5. The molecule has 1 aliphatic carbocycles. The van der Waals surface area contributed by atoms with E-state index in [1.807, 2.05) is 31.3 Å². The maximum Gasteiger partial charge on any atom is 0.225 e. The third-order valence-corrected chi connectivity index (χ3v) is 6.78. The molecule has 1 spiro atoms. The molecular weight excluding hydrogens is 374 g/mol. The number of aromatic nitrogens is 3. The van der Waals surface area contributed by atoms with E-state index in [1.54, 1.807) is 0 Å². The van der Waals surface area contributed by atoms with E-state index in [9.17, 15) is 5.11 Å². The van der Waals surface area contributed by atoms with Crippen LogP contribution in [0.1, 0.15) is 41.6 Å². The highest BCUT2D eigenvalue weighted by Crippen LogP contribution is 2.45. The maximum atomic E-state index is 10.1. The van der Waals surface area contributed by atoms with Crippen LogP contribution in [-0.2, 0) is 18.4 Å². The molecule has 0 radical (unpaired) electrons. The van der Waals surface area contributed by atoms with Gasteiger partial charge in [-0.1, -0.05) is 18.2 Å². The number of para-hydroxylation sites is 1. The molecule has 3 heterocycles. The summed E-state index contributed by atoms with van der Waals surface area (Å²) < 4.78 is 0. The van der Waals surface area contributed by atoms with Crippen molar-refractivity contribution in [2.45, 2.75) is 44.6 Å². The van der Waals surface area contributed by atoms with Gasteiger partial charge in [0.1, 0.15) is 5.82 Å². The monoisotopic (exact) mass is 403 g/mol. The van der Waals surface area contributed by atoms with Gasteiger partial charge >= 0.3 is 0 Å². The SMILES string of the molecule is Cc1cccc2cc(CO)c(N3CCCC4(CCc5cnc(N(C)C)nc54)C3)nc12. The molecule has 1 atom stereocenters. The number of hydrogen-bond donors (Lipinski definition) is 1. The highest BCUT2D eigenvalue weighted by Gasteiger charge is 2.44. The first-order valence-corrected chi connectivity index (χ1v) is 10.8. The van der Waals surface area contributed by atoms with Crippen LogP contribution in [-0.4, -0.2) is 47.2 Å². The van der Waals surface area contributed by atoms with Crippen molar-refractivity contribution in [3.8, 4) is 0 Å². The van der Waals surface area contributed by atoms with Crippen LogP contribution in [0.2, 0.25) is 0 Å². The Bertz CT molecular complexity index is 1110. The van der Waals surface area contributed by atoms with Gasteiger partial charge in [-0.25, -0.2) is 15.0 Å². The summed E-state index contributed by atoms with van der Waals surface area (Å²) in [7, 11) is 3.98. The zero-order valence-corrected chi connectivity index (χ0v) is 18.0. The molecule has 1 aromatic carbocycles. The quantitative estimate of drug-likeness (QED) is 0.723. The fourth-order valence-electron chi connectivity index (χ4n) is 5.23. The smallest absolute Gasteiger partial charge is 0.225 e. The van der Waals surface area contributed by atoms with Crippen LogP contribution < -0.4 is 9.80 Å². The van der Waals surface area contributed by atoms with Crippen molar-refractivity contribution in [2.75, 3.05) is 37.0 Å². The number of piperidine rings is 1. The van der Waals surface area contributed by atoms with E-state index >= 15 is 0 Å². The molecule has 0 saturated carbocycles. The fraction of sp³-hybridized carbons (Fsp3) is 0.458. The maximum absolute atomic E-state index is 10.1. The summed E-state index contributed by atoms with van der Waals surface area (Å²) in [5.41, 5.74) is 5.63.